The third kappa shape index (κ3) is 4.51. The van der Waals surface area contributed by atoms with Gasteiger partial charge in [-0.2, -0.15) is 0 Å². The zero-order valence-corrected chi connectivity index (χ0v) is 13.1. The monoisotopic (exact) mass is 278 g/mol. The lowest BCUT2D eigenvalue weighted by Gasteiger charge is -2.41. The van der Waals surface area contributed by atoms with Crippen molar-refractivity contribution in [1.82, 2.24) is 10.2 Å². The average molecular weight is 278 g/mol. The Morgan fingerprint density at radius 2 is 2.05 bits per heavy atom. The van der Waals surface area contributed by atoms with E-state index in [0.29, 0.717) is 12.1 Å². The molecule has 1 aromatic carbocycles. The van der Waals surface area contributed by atoms with Gasteiger partial charge in [0.2, 0.25) is 0 Å². The van der Waals surface area contributed by atoms with Gasteiger partial charge in [-0.25, -0.2) is 0 Å². The Morgan fingerprint density at radius 3 is 2.74 bits per heavy atom. The Bertz CT molecular complexity index is 366. The average Bonchev–Trinajstić information content (AvgIpc) is 2.39. The second-order valence-corrected chi connectivity index (χ2v) is 6.95. The summed E-state index contributed by atoms with van der Waals surface area (Å²) in [6.07, 6.45) is 0. The third-order valence-electron chi connectivity index (χ3n) is 3.81. The molecule has 1 saturated heterocycles. The standard InChI is InChI=1S/C16H26N2S/c1-13(2)16-11-17-14(3)12-18(16)9-10-19-15-7-5-4-6-8-15/h4-8,13-14,16-17H,9-12H2,1-3H3. The third-order valence-corrected chi connectivity index (χ3v) is 4.81. The van der Waals surface area contributed by atoms with Crippen LogP contribution in [0.3, 0.4) is 0 Å². The summed E-state index contributed by atoms with van der Waals surface area (Å²) >= 11 is 1.97. The van der Waals surface area contributed by atoms with E-state index < -0.39 is 0 Å². The molecule has 0 bridgehead atoms. The van der Waals surface area contributed by atoms with Crippen LogP contribution in [0.5, 0.6) is 0 Å². The first kappa shape index (κ1) is 14.9. The van der Waals surface area contributed by atoms with Gasteiger partial charge >= 0.3 is 0 Å². The quantitative estimate of drug-likeness (QED) is 0.833. The molecule has 2 atom stereocenters. The van der Waals surface area contributed by atoms with Gasteiger partial charge in [-0.1, -0.05) is 32.0 Å². The normalized spacial score (nSPS) is 24.8. The molecule has 2 nitrogen and oxygen atoms in total. The van der Waals surface area contributed by atoms with Gasteiger partial charge < -0.3 is 5.32 Å². The molecule has 0 aliphatic carbocycles. The van der Waals surface area contributed by atoms with Crippen LogP contribution in [0.2, 0.25) is 0 Å². The molecular weight excluding hydrogens is 252 g/mol. The van der Waals surface area contributed by atoms with E-state index in [9.17, 15) is 0 Å². The fourth-order valence-electron chi connectivity index (χ4n) is 2.71. The van der Waals surface area contributed by atoms with E-state index in [1.54, 1.807) is 0 Å². The molecule has 1 aromatic rings. The van der Waals surface area contributed by atoms with Gasteiger partial charge in [0.25, 0.3) is 0 Å². The Morgan fingerprint density at radius 1 is 1.32 bits per heavy atom. The van der Waals surface area contributed by atoms with E-state index >= 15 is 0 Å². The van der Waals surface area contributed by atoms with Crippen molar-refractivity contribution in [3.05, 3.63) is 30.3 Å². The number of piperazine rings is 1. The molecule has 2 rings (SSSR count). The highest BCUT2D eigenvalue weighted by atomic mass is 32.2. The number of thioether (sulfide) groups is 1. The van der Waals surface area contributed by atoms with E-state index in [1.165, 1.54) is 23.7 Å². The number of hydrogen-bond donors (Lipinski definition) is 1. The van der Waals surface area contributed by atoms with Gasteiger partial charge in [0, 0.05) is 42.4 Å². The van der Waals surface area contributed by atoms with Crippen LogP contribution < -0.4 is 5.32 Å². The highest BCUT2D eigenvalue weighted by molar-refractivity contribution is 7.99. The zero-order valence-electron chi connectivity index (χ0n) is 12.3. The summed E-state index contributed by atoms with van der Waals surface area (Å²) in [5.41, 5.74) is 0. The largest absolute Gasteiger partial charge is 0.311 e. The van der Waals surface area contributed by atoms with Crippen molar-refractivity contribution in [3.8, 4) is 0 Å². The van der Waals surface area contributed by atoms with Gasteiger partial charge in [0.1, 0.15) is 0 Å². The summed E-state index contributed by atoms with van der Waals surface area (Å²) in [7, 11) is 0. The topological polar surface area (TPSA) is 15.3 Å². The molecule has 2 unspecified atom stereocenters. The Kier molecular flexibility index (Phi) is 5.74. The second kappa shape index (κ2) is 7.32. The van der Waals surface area contributed by atoms with Crippen LogP contribution in [-0.2, 0) is 0 Å². The summed E-state index contributed by atoms with van der Waals surface area (Å²) in [5, 5.41) is 3.60. The molecule has 0 radical (unpaired) electrons. The maximum absolute atomic E-state index is 3.60. The SMILES string of the molecule is CC1CN(CCSc2ccccc2)C(C(C)C)CN1. The lowest BCUT2D eigenvalue weighted by molar-refractivity contribution is 0.110. The van der Waals surface area contributed by atoms with Crippen LogP contribution in [0, 0.1) is 5.92 Å². The van der Waals surface area contributed by atoms with Crippen molar-refractivity contribution in [3.63, 3.8) is 0 Å². The van der Waals surface area contributed by atoms with Crippen molar-refractivity contribution in [1.29, 1.82) is 0 Å². The number of benzene rings is 1. The van der Waals surface area contributed by atoms with Crippen molar-refractivity contribution in [2.45, 2.75) is 37.8 Å². The molecular formula is C16H26N2S. The first-order valence-electron chi connectivity index (χ1n) is 7.32. The number of rotatable bonds is 5. The molecule has 0 amide bonds. The molecule has 1 fully saturated rings. The molecule has 1 heterocycles. The van der Waals surface area contributed by atoms with Crippen molar-refractivity contribution < 1.29 is 0 Å². The minimum absolute atomic E-state index is 0.622. The van der Waals surface area contributed by atoms with Crippen LogP contribution in [0.25, 0.3) is 0 Å². The minimum Gasteiger partial charge on any atom is -0.311 e. The van der Waals surface area contributed by atoms with Gasteiger partial charge in [-0.3, -0.25) is 4.90 Å². The maximum Gasteiger partial charge on any atom is 0.0244 e. The predicted molar refractivity (Wildman–Crippen MR) is 84.8 cm³/mol. The highest BCUT2D eigenvalue weighted by Gasteiger charge is 2.27. The Balaban J connectivity index is 1.82. The summed E-state index contributed by atoms with van der Waals surface area (Å²) in [6, 6.07) is 12.0. The fraction of sp³-hybridized carbons (Fsp3) is 0.625. The van der Waals surface area contributed by atoms with Crippen LogP contribution >= 0.6 is 11.8 Å². The van der Waals surface area contributed by atoms with E-state index in [-0.39, 0.29) is 0 Å². The van der Waals surface area contributed by atoms with Crippen LogP contribution in [0.1, 0.15) is 20.8 Å². The highest BCUT2D eigenvalue weighted by Crippen LogP contribution is 2.20. The van der Waals surface area contributed by atoms with Crippen LogP contribution in [-0.4, -0.2) is 42.4 Å². The Hall–Kier alpha value is -0.510. The molecule has 0 aromatic heterocycles. The zero-order chi connectivity index (χ0) is 13.7. The van der Waals surface area contributed by atoms with Crippen molar-refractivity contribution in [2.24, 2.45) is 5.92 Å². The number of hydrogen-bond acceptors (Lipinski definition) is 3. The van der Waals surface area contributed by atoms with Gasteiger partial charge in [0.05, 0.1) is 0 Å². The van der Waals surface area contributed by atoms with Crippen LogP contribution in [0.4, 0.5) is 0 Å². The molecule has 3 heteroatoms. The summed E-state index contributed by atoms with van der Waals surface area (Å²) in [5.74, 6) is 1.90. The van der Waals surface area contributed by atoms with E-state index in [4.69, 9.17) is 0 Å². The van der Waals surface area contributed by atoms with Gasteiger partial charge in [-0.05, 0) is 25.0 Å². The molecule has 0 saturated carbocycles. The number of nitrogens with one attached hydrogen (secondary N) is 1. The lowest BCUT2D eigenvalue weighted by Crippen LogP contribution is -2.57. The fourth-order valence-corrected chi connectivity index (χ4v) is 3.63. The van der Waals surface area contributed by atoms with Gasteiger partial charge in [-0.15, -0.1) is 11.8 Å². The molecule has 1 aliphatic heterocycles. The van der Waals surface area contributed by atoms with E-state index in [0.717, 1.165) is 12.5 Å². The lowest BCUT2D eigenvalue weighted by atomic mass is 9.99. The molecule has 1 aliphatic rings. The first-order valence-corrected chi connectivity index (χ1v) is 8.30. The van der Waals surface area contributed by atoms with E-state index in [2.05, 4.69) is 61.3 Å². The van der Waals surface area contributed by atoms with E-state index in [1.807, 2.05) is 11.8 Å². The maximum atomic E-state index is 3.60. The smallest absolute Gasteiger partial charge is 0.0244 e. The Labute approximate surface area is 122 Å². The molecule has 1 N–H and O–H groups in total. The summed E-state index contributed by atoms with van der Waals surface area (Å²) < 4.78 is 0. The second-order valence-electron chi connectivity index (χ2n) is 5.78. The molecule has 0 spiro atoms. The summed E-state index contributed by atoms with van der Waals surface area (Å²) in [6.45, 7) is 10.5. The van der Waals surface area contributed by atoms with Gasteiger partial charge in [0.15, 0.2) is 0 Å². The molecule has 19 heavy (non-hydrogen) atoms. The first-order chi connectivity index (χ1) is 9.16. The van der Waals surface area contributed by atoms with Crippen molar-refractivity contribution >= 4 is 11.8 Å². The molecule has 106 valence electrons. The van der Waals surface area contributed by atoms with Crippen molar-refractivity contribution in [2.75, 3.05) is 25.4 Å². The predicted octanol–water partition coefficient (Wildman–Crippen LogP) is 3.10. The minimum atomic E-state index is 0.622. The van der Waals surface area contributed by atoms with Crippen LogP contribution in [0.15, 0.2) is 35.2 Å². The summed E-state index contributed by atoms with van der Waals surface area (Å²) in [4.78, 5) is 4.05. The number of nitrogens with zero attached hydrogens (tertiary/aromatic N) is 1.